The molecule has 2 aromatic carbocycles. The van der Waals surface area contributed by atoms with Gasteiger partial charge >= 0.3 is 5.97 Å². The minimum Gasteiger partial charge on any atom is -0.426 e. The van der Waals surface area contributed by atoms with Crippen molar-refractivity contribution in [3.8, 4) is 5.75 Å². The highest BCUT2D eigenvalue weighted by Crippen LogP contribution is 2.34. The Morgan fingerprint density at radius 2 is 1.86 bits per heavy atom. The Labute approximate surface area is 131 Å². The van der Waals surface area contributed by atoms with E-state index in [4.69, 9.17) is 4.74 Å². The normalized spacial score (nSPS) is 11.5. The topological polar surface area (TPSA) is 26.3 Å². The zero-order chi connectivity index (χ0) is 16.4. The molecule has 22 heavy (non-hydrogen) atoms. The third kappa shape index (κ3) is 3.13. The van der Waals surface area contributed by atoms with E-state index in [0.717, 1.165) is 21.9 Å². The van der Waals surface area contributed by atoms with Crippen molar-refractivity contribution in [2.24, 2.45) is 5.92 Å². The number of rotatable bonds is 4. The molecule has 0 aromatic heterocycles. The summed E-state index contributed by atoms with van der Waals surface area (Å²) in [5.41, 5.74) is 1.74. The fourth-order valence-electron chi connectivity index (χ4n) is 2.62. The first-order valence-corrected chi connectivity index (χ1v) is 7.81. The molecule has 2 rings (SSSR count). The SMILES string of the molecule is CCc1c(F)ccc2cc(OC(=O)C(C)C)cc(C(C)C)c12. The quantitative estimate of drug-likeness (QED) is 0.571. The first-order valence-electron chi connectivity index (χ1n) is 7.81. The van der Waals surface area contributed by atoms with E-state index < -0.39 is 0 Å². The molecule has 3 heteroatoms. The molecule has 0 unspecified atom stereocenters. The molecule has 0 fully saturated rings. The summed E-state index contributed by atoms with van der Waals surface area (Å²) in [6.45, 7) is 9.68. The van der Waals surface area contributed by atoms with Crippen molar-refractivity contribution in [3.05, 3.63) is 41.2 Å². The van der Waals surface area contributed by atoms with Gasteiger partial charge in [0.15, 0.2) is 0 Å². The number of aryl methyl sites for hydroxylation is 1. The van der Waals surface area contributed by atoms with Gasteiger partial charge in [-0.05, 0) is 52.4 Å². The van der Waals surface area contributed by atoms with E-state index in [9.17, 15) is 9.18 Å². The van der Waals surface area contributed by atoms with Crippen LogP contribution in [-0.4, -0.2) is 5.97 Å². The van der Waals surface area contributed by atoms with E-state index in [-0.39, 0.29) is 23.6 Å². The maximum atomic E-state index is 14.1. The van der Waals surface area contributed by atoms with Crippen LogP contribution in [-0.2, 0) is 11.2 Å². The highest BCUT2D eigenvalue weighted by atomic mass is 19.1. The van der Waals surface area contributed by atoms with Crippen LogP contribution in [0.4, 0.5) is 4.39 Å². The molecule has 2 nitrogen and oxygen atoms in total. The Bertz CT molecular complexity index is 702. The van der Waals surface area contributed by atoms with E-state index >= 15 is 0 Å². The number of ether oxygens (including phenoxy) is 1. The third-order valence-electron chi connectivity index (χ3n) is 3.84. The number of esters is 1. The molecule has 0 amide bonds. The van der Waals surface area contributed by atoms with Gasteiger partial charge in [0, 0.05) is 0 Å². The lowest BCUT2D eigenvalue weighted by Gasteiger charge is -2.17. The van der Waals surface area contributed by atoms with Crippen molar-refractivity contribution in [2.45, 2.75) is 47.0 Å². The number of hydrogen-bond acceptors (Lipinski definition) is 2. The summed E-state index contributed by atoms with van der Waals surface area (Å²) in [5, 5.41) is 1.86. The van der Waals surface area contributed by atoms with Gasteiger partial charge in [0.25, 0.3) is 0 Å². The minimum atomic E-state index is -0.258. The van der Waals surface area contributed by atoms with Gasteiger partial charge in [-0.3, -0.25) is 4.79 Å². The maximum Gasteiger partial charge on any atom is 0.313 e. The van der Waals surface area contributed by atoms with Crippen LogP contribution < -0.4 is 4.74 Å². The Morgan fingerprint density at radius 1 is 1.18 bits per heavy atom. The largest absolute Gasteiger partial charge is 0.426 e. The van der Waals surface area contributed by atoms with Crippen LogP contribution in [0.3, 0.4) is 0 Å². The second-order valence-electron chi connectivity index (χ2n) is 6.22. The maximum absolute atomic E-state index is 14.1. The van der Waals surface area contributed by atoms with Gasteiger partial charge < -0.3 is 4.74 Å². The van der Waals surface area contributed by atoms with Crippen LogP contribution in [0.5, 0.6) is 5.75 Å². The fourth-order valence-corrected chi connectivity index (χ4v) is 2.62. The van der Waals surface area contributed by atoms with Gasteiger partial charge in [-0.2, -0.15) is 0 Å². The van der Waals surface area contributed by atoms with E-state index in [2.05, 4.69) is 13.8 Å². The van der Waals surface area contributed by atoms with Gasteiger partial charge in [0.2, 0.25) is 0 Å². The molecule has 0 bridgehead atoms. The zero-order valence-electron chi connectivity index (χ0n) is 13.9. The molecule has 0 heterocycles. The van der Waals surface area contributed by atoms with Crippen LogP contribution in [0.2, 0.25) is 0 Å². The summed E-state index contributed by atoms with van der Waals surface area (Å²) >= 11 is 0. The lowest BCUT2D eigenvalue weighted by molar-refractivity contribution is -0.137. The van der Waals surface area contributed by atoms with Gasteiger partial charge in [-0.15, -0.1) is 0 Å². The van der Waals surface area contributed by atoms with Crippen molar-refractivity contribution >= 4 is 16.7 Å². The molecule has 0 atom stereocenters. The number of benzene rings is 2. The van der Waals surface area contributed by atoms with Crippen LogP contribution in [0.15, 0.2) is 24.3 Å². The summed E-state index contributed by atoms with van der Waals surface area (Å²) in [5.74, 6) is 0.129. The summed E-state index contributed by atoms with van der Waals surface area (Å²) in [6, 6.07) is 6.92. The Morgan fingerprint density at radius 3 is 2.41 bits per heavy atom. The van der Waals surface area contributed by atoms with Crippen molar-refractivity contribution in [1.29, 1.82) is 0 Å². The van der Waals surface area contributed by atoms with Crippen molar-refractivity contribution in [1.82, 2.24) is 0 Å². The molecule has 0 saturated heterocycles. The smallest absolute Gasteiger partial charge is 0.313 e. The van der Waals surface area contributed by atoms with Crippen LogP contribution in [0.1, 0.15) is 51.7 Å². The summed E-state index contributed by atoms with van der Waals surface area (Å²) in [6.07, 6.45) is 0.633. The predicted molar refractivity (Wildman–Crippen MR) is 87.8 cm³/mol. The Hall–Kier alpha value is -1.90. The molecular weight excluding hydrogens is 279 g/mol. The number of carbonyl (C=O) groups is 1. The molecule has 0 spiro atoms. The first-order chi connectivity index (χ1) is 10.3. The van der Waals surface area contributed by atoms with E-state index in [1.807, 2.05) is 19.1 Å². The summed E-state index contributed by atoms with van der Waals surface area (Å²) in [4.78, 5) is 11.8. The zero-order valence-corrected chi connectivity index (χ0v) is 13.9. The first kappa shape index (κ1) is 16.5. The summed E-state index contributed by atoms with van der Waals surface area (Å²) in [7, 11) is 0. The average Bonchev–Trinajstić information content (AvgIpc) is 2.46. The van der Waals surface area contributed by atoms with Crippen molar-refractivity contribution in [3.63, 3.8) is 0 Å². The third-order valence-corrected chi connectivity index (χ3v) is 3.84. The molecule has 0 N–H and O–H groups in total. The molecule has 0 aliphatic rings. The molecule has 118 valence electrons. The number of hydrogen-bond donors (Lipinski definition) is 0. The van der Waals surface area contributed by atoms with Crippen LogP contribution in [0.25, 0.3) is 10.8 Å². The van der Waals surface area contributed by atoms with Gasteiger partial charge in [-0.25, -0.2) is 4.39 Å². The number of halogens is 1. The minimum absolute atomic E-state index is 0.177. The van der Waals surface area contributed by atoms with Gasteiger partial charge in [0.1, 0.15) is 11.6 Å². The van der Waals surface area contributed by atoms with Crippen molar-refractivity contribution in [2.75, 3.05) is 0 Å². The highest BCUT2D eigenvalue weighted by Gasteiger charge is 2.16. The van der Waals surface area contributed by atoms with Crippen molar-refractivity contribution < 1.29 is 13.9 Å². The van der Waals surface area contributed by atoms with Crippen LogP contribution in [0, 0.1) is 11.7 Å². The average molecular weight is 302 g/mol. The monoisotopic (exact) mass is 302 g/mol. The van der Waals surface area contributed by atoms with Gasteiger partial charge in [0.05, 0.1) is 5.92 Å². The molecule has 0 aliphatic heterocycles. The highest BCUT2D eigenvalue weighted by molar-refractivity contribution is 5.91. The lowest BCUT2D eigenvalue weighted by Crippen LogP contribution is -2.15. The molecule has 0 aliphatic carbocycles. The van der Waals surface area contributed by atoms with E-state index in [1.54, 1.807) is 19.9 Å². The van der Waals surface area contributed by atoms with E-state index in [1.165, 1.54) is 6.07 Å². The fraction of sp³-hybridized carbons (Fsp3) is 0.421. The molecule has 0 saturated carbocycles. The standard InChI is InChI=1S/C19H23FO2/c1-6-15-17(20)8-7-13-9-14(22-19(21)12(4)5)10-16(11(2)3)18(13)15/h7-12H,6H2,1-5H3. The molecule has 2 aromatic rings. The molecule has 0 radical (unpaired) electrons. The lowest BCUT2D eigenvalue weighted by atomic mass is 9.91. The second-order valence-corrected chi connectivity index (χ2v) is 6.22. The molecular formula is C19H23FO2. The Kier molecular flexibility index (Phi) is 4.84. The van der Waals surface area contributed by atoms with Gasteiger partial charge in [-0.1, -0.05) is 40.7 Å². The van der Waals surface area contributed by atoms with Crippen LogP contribution >= 0.6 is 0 Å². The van der Waals surface area contributed by atoms with E-state index in [0.29, 0.717) is 12.2 Å². The second kappa shape index (κ2) is 6.47. The number of fused-ring (bicyclic) bond motifs is 1. The Balaban J connectivity index is 2.66. The number of carbonyl (C=O) groups excluding carboxylic acids is 1. The summed E-state index contributed by atoms with van der Waals surface area (Å²) < 4.78 is 19.5. The predicted octanol–water partition coefficient (Wildman–Crippen LogP) is 5.23.